The summed E-state index contributed by atoms with van der Waals surface area (Å²) in [4.78, 5) is 13.8. The molecule has 6 heteroatoms. The molecular weight excluding hydrogens is 294 g/mol. The van der Waals surface area contributed by atoms with Crippen molar-refractivity contribution in [2.75, 3.05) is 25.5 Å². The van der Waals surface area contributed by atoms with Crippen molar-refractivity contribution in [2.45, 2.75) is 19.6 Å². The lowest BCUT2D eigenvalue weighted by atomic mass is 10.1. The third-order valence-corrected chi connectivity index (χ3v) is 3.61. The van der Waals surface area contributed by atoms with E-state index < -0.39 is 6.10 Å². The molecule has 0 fully saturated rings. The molecule has 1 unspecified atom stereocenters. The molecule has 124 valence electrons. The fraction of sp³-hybridized carbons (Fsp3) is 0.353. The first kappa shape index (κ1) is 16.9. The second-order valence-electron chi connectivity index (χ2n) is 5.60. The fourth-order valence-corrected chi connectivity index (χ4v) is 2.17. The molecule has 1 aromatic heterocycles. The highest BCUT2D eigenvalue weighted by atomic mass is 16.4. The number of urea groups is 1. The summed E-state index contributed by atoms with van der Waals surface area (Å²) in [7, 11) is 3.98. The number of carbonyl (C=O) groups excluding carboxylic acids is 1. The maximum atomic E-state index is 11.8. The van der Waals surface area contributed by atoms with Crippen LogP contribution in [0, 0.1) is 6.92 Å². The van der Waals surface area contributed by atoms with Crippen molar-refractivity contribution < 1.29 is 14.3 Å². The van der Waals surface area contributed by atoms with Crippen LogP contribution in [0.3, 0.4) is 0 Å². The Morgan fingerprint density at radius 3 is 2.70 bits per heavy atom. The number of hydrogen-bond donors (Lipinski definition) is 3. The van der Waals surface area contributed by atoms with Gasteiger partial charge in [0.25, 0.3) is 0 Å². The summed E-state index contributed by atoms with van der Waals surface area (Å²) in [5.74, 6) is 0.431. The van der Waals surface area contributed by atoms with E-state index in [2.05, 4.69) is 16.7 Å². The number of nitrogens with zero attached hydrogens (tertiary/aromatic N) is 1. The van der Waals surface area contributed by atoms with Gasteiger partial charge in [-0.3, -0.25) is 0 Å². The van der Waals surface area contributed by atoms with Gasteiger partial charge in [0.2, 0.25) is 0 Å². The fourth-order valence-electron chi connectivity index (χ4n) is 2.17. The van der Waals surface area contributed by atoms with Gasteiger partial charge in [-0.1, -0.05) is 6.07 Å². The second kappa shape index (κ2) is 7.69. The van der Waals surface area contributed by atoms with Crippen molar-refractivity contribution in [3.05, 3.63) is 53.5 Å². The Labute approximate surface area is 136 Å². The number of hydrogen-bond acceptors (Lipinski definition) is 4. The maximum absolute atomic E-state index is 11.8. The van der Waals surface area contributed by atoms with Gasteiger partial charge in [-0.2, -0.15) is 0 Å². The third kappa shape index (κ3) is 4.75. The molecular formula is C17H23N3O3. The SMILES string of the molecule is Cc1cc(N(C)C)ccc1CNC(=O)NCC(O)c1ccco1. The summed E-state index contributed by atoms with van der Waals surface area (Å²) >= 11 is 0. The molecule has 1 aromatic carbocycles. The summed E-state index contributed by atoms with van der Waals surface area (Å²) < 4.78 is 5.08. The zero-order valence-electron chi connectivity index (χ0n) is 13.7. The quantitative estimate of drug-likeness (QED) is 0.763. The van der Waals surface area contributed by atoms with E-state index in [9.17, 15) is 9.90 Å². The van der Waals surface area contributed by atoms with Crippen LogP contribution in [0.4, 0.5) is 10.5 Å². The Morgan fingerprint density at radius 1 is 1.30 bits per heavy atom. The number of amides is 2. The van der Waals surface area contributed by atoms with Crippen LogP contribution in [0.2, 0.25) is 0 Å². The summed E-state index contributed by atoms with van der Waals surface area (Å²) in [6.45, 7) is 2.54. The van der Waals surface area contributed by atoms with Crippen LogP contribution >= 0.6 is 0 Å². The molecule has 23 heavy (non-hydrogen) atoms. The average Bonchev–Trinajstić information content (AvgIpc) is 3.05. The minimum Gasteiger partial charge on any atom is -0.467 e. The average molecular weight is 317 g/mol. The van der Waals surface area contributed by atoms with Gasteiger partial charge in [0.1, 0.15) is 11.9 Å². The lowest BCUT2D eigenvalue weighted by Crippen LogP contribution is -2.37. The van der Waals surface area contributed by atoms with Crippen molar-refractivity contribution >= 4 is 11.7 Å². The number of nitrogens with one attached hydrogen (secondary N) is 2. The van der Waals surface area contributed by atoms with Gasteiger partial charge in [-0.15, -0.1) is 0 Å². The standard InChI is InChI=1S/C17H23N3O3/c1-12-9-14(20(2)3)7-6-13(12)10-18-17(22)19-11-15(21)16-5-4-8-23-16/h4-9,15,21H,10-11H2,1-3H3,(H2,18,19,22). The molecule has 0 aliphatic carbocycles. The molecule has 0 saturated carbocycles. The molecule has 1 heterocycles. The Kier molecular flexibility index (Phi) is 5.65. The Morgan fingerprint density at radius 2 is 2.09 bits per heavy atom. The van der Waals surface area contributed by atoms with E-state index in [4.69, 9.17) is 4.42 Å². The Hall–Kier alpha value is -2.47. The molecule has 3 N–H and O–H groups in total. The van der Waals surface area contributed by atoms with E-state index in [-0.39, 0.29) is 12.6 Å². The first-order valence-electron chi connectivity index (χ1n) is 7.47. The van der Waals surface area contributed by atoms with Crippen LogP contribution in [0.15, 0.2) is 41.0 Å². The Bertz CT molecular complexity index is 639. The summed E-state index contributed by atoms with van der Waals surface area (Å²) in [5.41, 5.74) is 3.29. The van der Waals surface area contributed by atoms with Crippen LogP contribution in [-0.4, -0.2) is 31.8 Å². The zero-order valence-corrected chi connectivity index (χ0v) is 13.7. The summed E-state index contributed by atoms with van der Waals surface area (Å²) in [5, 5.41) is 15.2. The predicted octanol–water partition coefficient (Wildman–Crippen LogP) is 2.19. The molecule has 0 saturated heterocycles. The number of benzene rings is 1. The van der Waals surface area contributed by atoms with Gasteiger partial charge in [0, 0.05) is 26.3 Å². The highest BCUT2D eigenvalue weighted by molar-refractivity contribution is 5.73. The van der Waals surface area contributed by atoms with E-state index in [1.165, 1.54) is 6.26 Å². The molecule has 2 rings (SSSR count). The number of rotatable bonds is 6. The van der Waals surface area contributed by atoms with Crippen LogP contribution in [-0.2, 0) is 6.54 Å². The smallest absolute Gasteiger partial charge is 0.315 e. The van der Waals surface area contributed by atoms with E-state index in [1.54, 1.807) is 12.1 Å². The molecule has 2 amide bonds. The largest absolute Gasteiger partial charge is 0.467 e. The molecule has 0 aliphatic heterocycles. The highest BCUT2D eigenvalue weighted by Gasteiger charge is 2.11. The van der Waals surface area contributed by atoms with Crippen molar-refractivity contribution in [2.24, 2.45) is 0 Å². The van der Waals surface area contributed by atoms with Gasteiger partial charge in [-0.25, -0.2) is 4.79 Å². The van der Waals surface area contributed by atoms with E-state index in [1.807, 2.05) is 38.1 Å². The van der Waals surface area contributed by atoms with Crippen LogP contribution in [0.5, 0.6) is 0 Å². The van der Waals surface area contributed by atoms with Gasteiger partial charge >= 0.3 is 6.03 Å². The monoisotopic (exact) mass is 317 g/mol. The minimum atomic E-state index is -0.850. The lowest BCUT2D eigenvalue weighted by molar-refractivity contribution is 0.148. The summed E-state index contributed by atoms with van der Waals surface area (Å²) in [6, 6.07) is 9.13. The lowest BCUT2D eigenvalue weighted by Gasteiger charge is -2.16. The molecule has 1 atom stereocenters. The number of carbonyl (C=O) groups is 1. The third-order valence-electron chi connectivity index (χ3n) is 3.61. The first-order chi connectivity index (χ1) is 11.0. The Balaban J connectivity index is 1.80. The topological polar surface area (TPSA) is 77.7 Å². The summed E-state index contributed by atoms with van der Waals surface area (Å²) in [6.07, 6.45) is 0.635. The van der Waals surface area contributed by atoms with Crippen molar-refractivity contribution in [3.63, 3.8) is 0 Å². The van der Waals surface area contributed by atoms with Crippen LogP contribution in [0.1, 0.15) is 23.0 Å². The van der Waals surface area contributed by atoms with Crippen molar-refractivity contribution in [3.8, 4) is 0 Å². The van der Waals surface area contributed by atoms with Gasteiger partial charge in [0.15, 0.2) is 0 Å². The van der Waals surface area contributed by atoms with E-state index in [0.717, 1.165) is 16.8 Å². The predicted molar refractivity (Wildman–Crippen MR) is 89.4 cm³/mol. The van der Waals surface area contributed by atoms with Gasteiger partial charge in [-0.05, 0) is 42.3 Å². The minimum absolute atomic E-state index is 0.0951. The number of aliphatic hydroxyl groups is 1. The second-order valence-corrected chi connectivity index (χ2v) is 5.60. The first-order valence-corrected chi connectivity index (χ1v) is 7.47. The number of furan rings is 1. The molecule has 2 aromatic rings. The van der Waals surface area contributed by atoms with Crippen LogP contribution in [0.25, 0.3) is 0 Å². The normalized spacial score (nSPS) is 11.8. The molecule has 6 nitrogen and oxygen atoms in total. The van der Waals surface area contributed by atoms with E-state index in [0.29, 0.717) is 12.3 Å². The van der Waals surface area contributed by atoms with Crippen LogP contribution < -0.4 is 15.5 Å². The van der Waals surface area contributed by atoms with Gasteiger partial charge in [0.05, 0.1) is 12.8 Å². The molecule has 0 radical (unpaired) electrons. The van der Waals surface area contributed by atoms with Gasteiger partial charge < -0.3 is 25.1 Å². The van der Waals surface area contributed by atoms with Crippen molar-refractivity contribution in [1.29, 1.82) is 0 Å². The van der Waals surface area contributed by atoms with E-state index >= 15 is 0 Å². The molecule has 0 bridgehead atoms. The number of aryl methyl sites for hydroxylation is 1. The molecule has 0 aliphatic rings. The molecule has 0 spiro atoms. The zero-order chi connectivity index (χ0) is 16.8. The number of aliphatic hydroxyl groups excluding tert-OH is 1. The maximum Gasteiger partial charge on any atom is 0.315 e. The highest BCUT2D eigenvalue weighted by Crippen LogP contribution is 2.17. The number of anilines is 1. The van der Waals surface area contributed by atoms with Crippen molar-refractivity contribution in [1.82, 2.24) is 10.6 Å².